The molecule has 1 fully saturated rings. The normalized spacial score (nSPS) is 17.1. The van der Waals surface area contributed by atoms with E-state index in [2.05, 4.69) is 9.97 Å². The lowest BCUT2D eigenvalue weighted by Crippen LogP contribution is -2.38. The van der Waals surface area contributed by atoms with Crippen molar-refractivity contribution in [1.82, 2.24) is 14.9 Å². The molecule has 0 bridgehead atoms. The largest absolute Gasteiger partial charge is 0.497 e. The van der Waals surface area contributed by atoms with Gasteiger partial charge in [-0.05, 0) is 30.5 Å². The number of ether oxygens (including phenoxy) is 1. The number of thiazole rings is 1. The molecule has 0 N–H and O–H groups in total. The Bertz CT molecular complexity index is 890. The van der Waals surface area contributed by atoms with E-state index in [-0.39, 0.29) is 11.8 Å². The Hall–Kier alpha value is -2.67. The Morgan fingerprint density at radius 2 is 2.19 bits per heavy atom. The first-order valence-electron chi connectivity index (χ1n) is 8.98. The molecule has 4 rings (SSSR count). The molecular weight excluding hydrogens is 362 g/mol. The van der Waals surface area contributed by atoms with Crippen molar-refractivity contribution in [3.63, 3.8) is 0 Å². The molecule has 27 heavy (non-hydrogen) atoms. The number of oxazole rings is 1. The predicted molar refractivity (Wildman–Crippen MR) is 102 cm³/mol. The van der Waals surface area contributed by atoms with Crippen molar-refractivity contribution in [1.29, 1.82) is 0 Å². The average Bonchev–Trinajstić information content (AvgIpc) is 3.40. The number of aromatic nitrogens is 2. The van der Waals surface area contributed by atoms with E-state index in [0.717, 1.165) is 42.4 Å². The number of rotatable bonds is 5. The standard InChI is InChI=1S/C20H21N3O3S/c1-25-16-6-4-14(5-7-16)9-17-10-22-19(26-17)15-3-2-8-23(12-15)20(24)18-11-21-13-27-18/h4-7,10-11,13,15H,2-3,8-9,12H2,1H3/t15-/m0/s1. The van der Waals surface area contributed by atoms with Crippen LogP contribution >= 0.6 is 11.3 Å². The molecule has 1 aliphatic heterocycles. The highest BCUT2D eigenvalue weighted by Crippen LogP contribution is 2.28. The highest BCUT2D eigenvalue weighted by molar-refractivity contribution is 7.11. The third-order valence-corrected chi connectivity index (χ3v) is 5.57. The summed E-state index contributed by atoms with van der Waals surface area (Å²) in [6.07, 6.45) is 6.05. The lowest BCUT2D eigenvalue weighted by molar-refractivity contribution is 0.0702. The van der Waals surface area contributed by atoms with Gasteiger partial charge in [-0.3, -0.25) is 9.78 Å². The summed E-state index contributed by atoms with van der Waals surface area (Å²) in [7, 11) is 1.66. The van der Waals surface area contributed by atoms with Crippen molar-refractivity contribution in [2.24, 2.45) is 0 Å². The van der Waals surface area contributed by atoms with Crippen LogP contribution in [0.15, 0.2) is 46.6 Å². The predicted octanol–water partition coefficient (Wildman–Crippen LogP) is 3.75. The Labute approximate surface area is 161 Å². The van der Waals surface area contributed by atoms with Crippen LogP contribution in [0.3, 0.4) is 0 Å². The maximum Gasteiger partial charge on any atom is 0.265 e. The van der Waals surface area contributed by atoms with E-state index in [0.29, 0.717) is 17.8 Å². The van der Waals surface area contributed by atoms with E-state index in [4.69, 9.17) is 9.15 Å². The van der Waals surface area contributed by atoms with Gasteiger partial charge in [0, 0.05) is 19.5 Å². The summed E-state index contributed by atoms with van der Waals surface area (Å²) < 4.78 is 11.2. The van der Waals surface area contributed by atoms with Gasteiger partial charge in [0.1, 0.15) is 16.4 Å². The van der Waals surface area contributed by atoms with Crippen LogP contribution in [-0.2, 0) is 6.42 Å². The second-order valence-electron chi connectivity index (χ2n) is 6.65. The number of carbonyl (C=O) groups is 1. The maximum absolute atomic E-state index is 12.6. The minimum absolute atomic E-state index is 0.0483. The number of hydrogen-bond donors (Lipinski definition) is 0. The van der Waals surface area contributed by atoms with Gasteiger partial charge in [0.2, 0.25) is 0 Å². The first-order valence-corrected chi connectivity index (χ1v) is 9.86. The van der Waals surface area contributed by atoms with Crippen LogP contribution in [0.5, 0.6) is 5.75 Å². The zero-order valence-electron chi connectivity index (χ0n) is 15.1. The molecule has 0 saturated carbocycles. The number of carbonyl (C=O) groups excluding carboxylic acids is 1. The quantitative estimate of drug-likeness (QED) is 0.671. The summed E-state index contributed by atoms with van der Waals surface area (Å²) in [5.41, 5.74) is 2.83. The number of benzene rings is 1. The minimum Gasteiger partial charge on any atom is -0.497 e. The molecule has 6 nitrogen and oxygen atoms in total. The molecule has 1 atom stereocenters. The Morgan fingerprint density at radius 1 is 1.33 bits per heavy atom. The third kappa shape index (κ3) is 4.03. The van der Waals surface area contributed by atoms with Gasteiger partial charge in [-0.1, -0.05) is 12.1 Å². The lowest BCUT2D eigenvalue weighted by atomic mass is 9.98. The SMILES string of the molecule is COc1ccc(Cc2cnc([C@H]3CCCN(C(=O)c4cncs4)C3)o2)cc1. The zero-order valence-corrected chi connectivity index (χ0v) is 15.9. The van der Waals surface area contributed by atoms with Crippen molar-refractivity contribution in [2.75, 3.05) is 20.2 Å². The van der Waals surface area contributed by atoms with E-state index >= 15 is 0 Å². The molecule has 0 spiro atoms. The fraction of sp³-hybridized carbons (Fsp3) is 0.350. The van der Waals surface area contributed by atoms with Gasteiger partial charge in [0.15, 0.2) is 5.89 Å². The highest BCUT2D eigenvalue weighted by atomic mass is 32.1. The number of amides is 1. The molecule has 3 aromatic rings. The third-order valence-electron chi connectivity index (χ3n) is 4.81. The first-order chi connectivity index (χ1) is 13.2. The van der Waals surface area contributed by atoms with Crippen molar-refractivity contribution in [3.05, 3.63) is 64.3 Å². The fourth-order valence-corrected chi connectivity index (χ4v) is 3.96. The van der Waals surface area contributed by atoms with Crippen LogP contribution in [0.4, 0.5) is 0 Å². The van der Waals surface area contributed by atoms with E-state index < -0.39 is 0 Å². The number of methoxy groups -OCH3 is 1. The summed E-state index contributed by atoms with van der Waals surface area (Å²) in [5.74, 6) is 2.58. The van der Waals surface area contributed by atoms with E-state index in [9.17, 15) is 4.79 Å². The molecule has 7 heteroatoms. The lowest BCUT2D eigenvalue weighted by Gasteiger charge is -2.30. The topological polar surface area (TPSA) is 68.5 Å². The average molecular weight is 383 g/mol. The summed E-state index contributed by atoms with van der Waals surface area (Å²) in [5, 5.41) is 0. The van der Waals surface area contributed by atoms with Crippen LogP contribution in [-0.4, -0.2) is 41.0 Å². The molecule has 140 valence electrons. The Kier molecular flexibility index (Phi) is 5.20. The number of likely N-dealkylation sites (tertiary alicyclic amines) is 1. The van der Waals surface area contributed by atoms with Crippen molar-refractivity contribution in [2.45, 2.75) is 25.2 Å². The monoisotopic (exact) mass is 383 g/mol. The van der Waals surface area contributed by atoms with Gasteiger partial charge in [-0.15, -0.1) is 11.3 Å². The molecular formula is C20H21N3O3S. The Morgan fingerprint density at radius 3 is 2.93 bits per heavy atom. The van der Waals surface area contributed by atoms with Crippen molar-refractivity contribution < 1.29 is 13.9 Å². The summed E-state index contributed by atoms with van der Waals surface area (Å²) in [4.78, 5) is 23.6. The maximum atomic E-state index is 12.6. The number of hydrogen-bond acceptors (Lipinski definition) is 6. The highest BCUT2D eigenvalue weighted by Gasteiger charge is 2.28. The van der Waals surface area contributed by atoms with Gasteiger partial charge in [0.25, 0.3) is 5.91 Å². The first kappa shape index (κ1) is 17.7. The molecule has 1 aliphatic rings. The van der Waals surface area contributed by atoms with Crippen LogP contribution in [0.25, 0.3) is 0 Å². The van der Waals surface area contributed by atoms with Gasteiger partial charge < -0.3 is 14.1 Å². The second-order valence-corrected chi connectivity index (χ2v) is 7.53. The van der Waals surface area contributed by atoms with Crippen molar-refractivity contribution in [3.8, 4) is 5.75 Å². The number of nitrogens with zero attached hydrogens (tertiary/aromatic N) is 3. The summed E-state index contributed by atoms with van der Waals surface area (Å²) in [6.45, 7) is 1.41. The van der Waals surface area contributed by atoms with Crippen LogP contribution in [0, 0.1) is 0 Å². The minimum atomic E-state index is 0.0483. The van der Waals surface area contributed by atoms with Crippen molar-refractivity contribution >= 4 is 17.2 Å². The molecule has 1 aromatic carbocycles. The molecule has 0 aliphatic carbocycles. The van der Waals surface area contributed by atoms with E-state index in [1.54, 1.807) is 25.0 Å². The molecule has 1 saturated heterocycles. The Balaban J connectivity index is 1.42. The summed E-state index contributed by atoms with van der Waals surface area (Å²) in [6, 6.07) is 7.93. The molecule has 1 amide bonds. The summed E-state index contributed by atoms with van der Waals surface area (Å²) >= 11 is 1.38. The van der Waals surface area contributed by atoms with Crippen LogP contribution in [0.1, 0.15) is 45.6 Å². The second kappa shape index (κ2) is 7.92. The van der Waals surface area contributed by atoms with Gasteiger partial charge in [-0.2, -0.15) is 0 Å². The zero-order chi connectivity index (χ0) is 18.6. The van der Waals surface area contributed by atoms with Crippen LogP contribution < -0.4 is 4.74 Å². The number of piperidine rings is 1. The fourth-order valence-electron chi connectivity index (χ4n) is 3.38. The molecule has 3 heterocycles. The molecule has 0 radical (unpaired) electrons. The van der Waals surface area contributed by atoms with Gasteiger partial charge in [0.05, 0.1) is 30.9 Å². The molecule has 0 unspecified atom stereocenters. The van der Waals surface area contributed by atoms with Crippen LogP contribution in [0.2, 0.25) is 0 Å². The molecule has 2 aromatic heterocycles. The van der Waals surface area contributed by atoms with Gasteiger partial charge >= 0.3 is 0 Å². The smallest absolute Gasteiger partial charge is 0.265 e. The van der Waals surface area contributed by atoms with E-state index in [1.165, 1.54) is 11.3 Å². The van der Waals surface area contributed by atoms with Gasteiger partial charge in [-0.25, -0.2) is 4.98 Å². The van der Waals surface area contributed by atoms with E-state index in [1.807, 2.05) is 29.2 Å².